The molecule has 2 aromatic heterocycles. The van der Waals surface area contributed by atoms with Crippen LogP contribution in [0.2, 0.25) is 5.02 Å². The van der Waals surface area contributed by atoms with Crippen LogP contribution in [-0.4, -0.2) is 37.1 Å². The largest absolute Gasteiger partial charge is 0.489 e. The van der Waals surface area contributed by atoms with Crippen molar-refractivity contribution < 1.29 is 4.74 Å². The van der Waals surface area contributed by atoms with Crippen molar-refractivity contribution in [2.45, 2.75) is 38.1 Å². The molecule has 0 N–H and O–H groups in total. The van der Waals surface area contributed by atoms with Gasteiger partial charge < -0.3 is 9.30 Å². The highest BCUT2D eigenvalue weighted by atomic mass is 35.5. The van der Waals surface area contributed by atoms with E-state index in [1.807, 2.05) is 16.7 Å². The van der Waals surface area contributed by atoms with Crippen molar-refractivity contribution in [1.82, 2.24) is 24.8 Å². The van der Waals surface area contributed by atoms with E-state index >= 15 is 0 Å². The first-order valence-electron chi connectivity index (χ1n) is 13.4. The van der Waals surface area contributed by atoms with Crippen LogP contribution in [-0.2, 0) is 6.42 Å². The van der Waals surface area contributed by atoms with Gasteiger partial charge in [-0.05, 0) is 87.9 Å². The number of aliphatic imine (C=N–C) groups is 1. The lowest BCUT2D eigenvalue weighted by Crippen LogP contribution is -2.29. The molecule has 3 unspecified atom stereocenters. The highest BCUT2D eigenvalue weighted by molar-refractivity contribution is 6.31. The summed E-state index contributed by atoms with van der Waals surface area (Å²) in [4.78, 5) is 18.8. The van der Waals surface area contributed by atoms with Gasteiger partial charge in [-0.3, -0.25) is 9.79 Å². The zero-order chi connectivity index (χ0) is 27.1. The second-order valence-electron chi connectivity index (χ2n) is 11.1. The molecule has 1 saturated carbocycles. The third kappa shape index (κ3) is 3.63. The molecule has 0 spiro atoms. The summed E-state index contributed by atoms with van der Waals surface area (Å²) in [6.07, 6.45) is 4.19. The highest BCUT2D eigenvalue weighted by Crippen LogP contribution is 2.60. The number of aromatic nitrogens is 5. The van der Waals surface area contributed by atoms with Gasteiger partial charge in [0.25, 0.3) is 5.56 Å². The quantitative estimate of drug-likeness (QED) is 0.311. The molecule has 4 aliphatic rings. The standard InChI is InChI=1S/C31H25ClN6O2/c1-16-7-19-4-3-18(9-29(19)40-14-16)22-13-26(34-17(22)2)31-25-12-24(25)28-8-20(10-30(39)38(28)31)23-11-21(32)5-6-27(23)37-15-33-35-36-37/h3-6,8-11,15,24-25,31H,1,7,12-14H2,2H3. The first-order chi connectivity index (χ1) is 19.4. The molecule has 9 heteroatoms. The fourth-order valence-corrected chi connectivity index (χ4v) is 6.85. The Hall–Kier alpha value is -4.30. The minimum Gasteiger partial charge on any atom is -0.489 e. The minimum absolute atomic E-state index is 0.0236. The van der Waals surface area contributed by atoms with E-state index in [0.29, 0.717) is 23.5 Å². The first kappa shape index (κ1) is 23.6. The van der Waals surface area contributed by atoms with E-state index in [1.54, 1.807) is 16.8 Å². The number of allylic oxidation sites excluding steroid dienone is 2. The molecule has 5 heterocycles. The topological polar surface area (TPSA) is 87.2 Å². The predicted molar refractivity (Wildman–Crippen MR) is 153 cm³/mol. The van der Waals surface area contributed by atoms with Gasteiger partial charge in [0.1, 0.15) is 18.7 Å². The van der Waals surface area contributed by atoms with Crippen molar-refractivity contribution in [3.8, 4) is 22.6 Å². The summed E-state index contributed by atoms with van der Waals surface area (Å²) in [5.41, 5.74) is 10.1. The Balaban J connectivity index is 1.13. The van der Waals surface area contributed by atoms with Crippen LogP contribution in [0.4, 0.5) is 0 Å². The van der Waals surface area contributed by atoms with Crippen LogP contribution in [0.25, 0.3) is 22.4 Å². The zero-order valence-corrected chi connectivity index (χ0v) is 22.6. The molecular weight excluding hydrogens is 524 g/mol. The summed E-state index contributed by atoms with van der Waals surface area (Å²) in [7, 11) is 0. The van der Waals surface area contributed by atoms with Gasteiger partial charge in [0.2, 0.25) is 0 Å². The molecule has 8 rings (SSSR count). The second kappa shape index (κ2) is 8.60. The number of tetrazole rings is 1. The molecule has 0 radical (unpaired) electrons. The number of hydrogen-bond donors (Lipinski definition) is 0. The van der Waals surface area contributed by atoms with Gasteiger partial charge in [0.05, 0.1) is 11.7 Å². The molecule has 3 aliphatic heterocycles. The Morgan fingerprint density at radius 2 is 1.98 bits per heavy atom. The molecule has 4 aromatic rings. The number of pyridine rings is 1. The van der Waals surface area contributed by atoms with Crippen molar-refractivity contribution in [3.05, 3.63) is 105 Å². The molecule has 0 bridgehead atoms. The molecule has 198 valence electrons. The maximum absolute atomic E-state index is 13.7. The molecule has 3 atom stereocenters. The fourth-order valence-electron chi connectivity index (χ4n) is 6.68. The average molecular weight is 549 g/mol. The van der Waals surface area contributed by atoms with Gasteiger partial charge in [0, 0.05) is 52.5 Å². The Morgan fingerprint density at radius 1 is 1.07 bits per heavy atom. The van der Waals surface area contributed by atoms with E-state index in [2.05, 4.69) is 53.3 Å². The van der Waals surface area contributed by atoms with E-state index in [9.17, 15) is 4.79 Å². The Bertz CT molecular complexity index is 1870. The normalized spacial score (nSPS) is 22.5. The van der Waals surface area contributed by atoms with E-state index in [0.717, 1.165) is 70.1 Å². The molecule has 2 aromatic carbocycles. The minimum atomic E-state index is -0.0245. The van der Waals surface area contributed by atoms with Crippen LogP contribution in [0.3, 0.4) is 0 Å². The van der Waals surface area contributed by atoms with E-state index in [1.165, 1.54) is 17.5 Å². The maximum Gasteiger partial charge on any atom is 0.251 e. The summed E-state index contributed by atoms with van der Waals surface area (Å²) >= 11 is 6.38. The van der Waals surface area contributed by atoms with E-state index in [-0.39, 0.29) is 11.6 Å². The maximum atomic E-state index is 13.7. The van der Waals surface area contributed by atoms with Crippen LogP contribution in [0.15, 0.2) is 82.5 Å². The first-order valence-corrected chi connectivity index (χ1v) is 13.8. The molecule has 8 nitrogen and oxygen atoms in total. The molecule has 0 amide bonds. The third-order valence-corrected chi connectivity index (χ3v) is 8.84. The number of rotatable bonds is 4. The van der Waals surface area contributed by atoms with Crippen molar-refractivity contribution in [1.29, 1.82) is 0 Å². The van der Waals surface area contributed by atoms with Gasteiger partial charge in [0.15, 0.2) is 0 Å². The van der Waals surface area contributed by atoms with E-state index in [4.69, 9.17) is 21.3 Å². The van der Waals surface area contributed by atoms with Gasteiger partial charge in [-0.1, -0.05) is 30.3 Å². The fraction of sp³-hybridized carbons (Fsp3) is 0.258. The van der Waals surface area contributed by atoms with Crippen molar-refractivity contribution in [3.63, 3.8) is 0 Å². The van der Waals surface area contributed by atoms with Crippen LogP contribution in [0.1, 0.15) is 48.5 Å². The number of ether oxygens (including phenoxy) is 1. The number of benzene rings is 2. The van der Waals surface area contributed by atoms with Crippen molar-refractivity contribution in [2.24, 2.45) is 10.9 Å². The third-order valence-electron chi connectivity index (χ3n) is 8.60. The van der Waals surface area contributed by atoms with E-state index < -0.39 is 0 Å². The molecule has 1 aliphatic carbocycles. The summed E-state index contributed by atoms with van der Waals surface area (Å²) in [6, 6.07) is 15.8. The SMILES string of the molecule is C=C1COc2cc(C3=C(C)N=C(C4C5CC5c5cc(-c6cc(Cl)ccc6-n6cnnn6)cc(=O)n54)C3)ccc2C1. The Labute approximate surface area is 235 Å². The summed E-state index contributed by atoms with van der Waals surface area (Å²) in [5.74, 6) is 1.67. The number of fused-ring (bicyclic) bond motifs is 4. The molecule has 40 heavy (non-hydrogen) atoms. The molecule has 1 fully saturated rings. The van der Waals surface area contributed by atoms with Gasteiger partial charge in [-0.25, -0.2) is 0 Å². The van der Waals surface area contributed by atoms with Crippen molar-refractivity contribution >= 4 is 22.9 Å². The van der Waals surface area contributed by atoms with Gasteiger partial charge >= 0.3 is 0 Å². The van der Waals surface area contributed by atoms with Gasteiger partial charge in [-0.15, -0.1) is 5.10 Å². The number of hydrogen-bond acceptors (Lipinski definition) is 6. The van der Waals surface area contributed by atoms with Gasteiger partial charge in [-0.2, -0.15) is 4.68 Å². The number of nitrogens with zero attached hydrogens (tertiary/aromatic N) is 6. The van der Waals surface area contributed by atoms with Crippen molar-refractivity contribution in [2.75, 3.05) is 6.61 Å². The zero-order valence-electron chi connectivity index (χ0n) is 21.8. The van der Waals surface area contributed by atoms with Crippen LogP contribution < -0.4 is 10.3 Å². The van der Waals surface area contributed by atoms with Crippen LogP contribution in [0.5, 0.6) is 5.75 Å². The van der Waals surface area contributed by atoms with Crippen LogP contribution in [0, 0.1) is 5.92 Å². The Morgan fingerprint density at radius 3 is 2.83 bits per heavy atom. The smallest absolute Gasteiger partial charge is 0.251 e. The monoisotopic (exact) mass is 548 g/mol. The second-order valence-corrected chi connectivity index (χ2v) is 11.6. The van der Waals surface area contributed by atoms with Crippen LogP contribution >= 0.6 is 11.6 Å². The molecular formula is C31H25ClN6O2. The lowest BCUT2D eigenvalue weighted by molar-refractivity contribution is 0.332. The summed E-state index contributed by atoms with van der Waals surface area (Å²) in [6.45, 7) is 6.69. The lowest BCUT2D eigenvalue weighted by Gasteiger charge is -2.21. The summed E-state index contributed by atoms with van der Waals surface area (Å²) in [5, 5.41) is 12.2. The highest BCUT2D eigenvalue weighted by Gasteiger charge is 2.54. The lowest BCUT2D eigenvalue weighted by atomic mass is 9.94. The number of halogens is 1. The predicted octanol–water partition coefficient (Wildman–Crippen LogP) is 5.57. The molecule has 0 saturated heterocycles. The Kier molecular flexibility index (Phi) is 5.07. The summed E-state index contributed by atoms with van der Waals surface area (Å²) < 4.78 is 9.51. The average Bonchev–Trinajstić information content (AvgIpc) is 3.24.